The summed E-state index contributed by atoms with van der Waals surface area (Å²) in [4.78, 5) is 1.74. The molecule has 0 heterocycles. The van der Waals surface area contributed by atoms with E-state index in [-0.39, 0.29) is 0 Å². The Morgan fingerprint density at radius 3 is 1.39 bits per heavy atom. The van der Waals surface area contributed by atoms with Gasteiger partial charge in [-0.3, -0.25) is 0 Å². The van der Waals surface area contributed by atoms with Gasteiger partial charge in [-0.15, -0.1) is 0 Å². The molecule has 0 saturated heterocycles. The van der Waals surface area contributed by atoms with E-state index in [1.54, 1.807) is 10.5 Å². The van der Waals surface area contributed by atoms with Gasteiger partial charge in [0, 0.05) is 4.75 Å². The zero-order chi connectivity index (χ0) is 26.9. The maximum atomic E-state index is 2.69. The second-order valence-corrected chi connectivity index (χ2v) is 16.8. The summed E-state index contributed by atoms with van der Waals surface area (Å²) in [5.41, 5.74) is 2.03. The van der Waals surface area contributed by atoms with Crippen molar-refractivity contribution in [3.05, 3.63) is 29.8 Å². The van der Waals surface area contributed by atoms with E-state index in [9.17, 15) is 0 Å². The molecule has 0 aliphatic carbocycles. The lowest BCUT2D eigenvalue weighted by atomic mass is 9.74. The van der Waals surface area contributed by atoms with Crippen molar-refractivity contribution >= 4 is 10.0 Å². The third-order valence-electron chi connectivity index (χ3n) is 9.35. The average molecular weight is 519 g/mol. The molecule has 212 valence electrons. The molecule has 0 nitrogen and oxygen atoms in total. The fourth-order valence-corrected chi connectivity index (χ4v) is 9.39. The van der Waals surface area contributed by atoms with Crippen LogP contribution in [0, 0.1) is 0 Å². The zero-order valence-corrected chi connectivity index (χ0v) is 27.0. The molecule has 1 aromatic carbocycles. The van der Waals surface area contributed by atoms with Gasteiger partial charge >= 0.3 is 0 Å². The zero-order valence-electron chi connectivity index (χ0n) is 26.2. The van der Waals surface area contributed by atoms with Crippen molar-refractivity contribution in [1.29, 1.82) is 0 Å². The normalized spacial score (nSPS) is 14.7. The van der Waals surface area contributed by atoms with Crippen molar-refractivity contribution in [2.24, 2.45) is 0 Å². The van der Waals surface area contributed by atoms with Crippen molar-refractivity contribution in [2.45, 2.75) is 179 Å². The Hall–Kier alpha value is -0.430. The maximum Gasteiger partial charge on any atom is 0.000746 e. The van der Waals surface area contributed by atoms with Crippen molar-refractivity contribution < 1.29 is 0 Å². The second kappa shape index (κ2) is 18.0. The quantitative estimate of drug-likeness (QED) is 0.134. The molecule has 1 aromatic rings. The van der Waals surface area contributed by atoms with E-state index in [4.69, 9.17) is 0 Å². The largest absolute Gasteiger partial charge is 0.215 e. The summed E-state index contributed by atoms with van der Waals surface area (Å²) in [6, 6.07) is 9.81. The molecule has 36 heavy (non-hydrogen) atoms. The molecule has 0 N–H and O–H groups in total. The van der Waals surface area contributed by atoms with Crippen LogP contribution in [0.3, 0.4) is 0 Å². The first-order chi connectivity index (χ1) is 17.2. The van der Waals surface area contributed by atoms with E-state index in [0.717, 1.165) is 0 Å². The van der Waals surface area contributed by atoms with Gasteiger partial charge in [0.15, 0.2) is 0 Å². The molecule has 0 radical (unpaired) electrons. The van der Waals surface area contributed by atoms with Crippen LogP contribution >= 0.6 is 10.0 Å². The Kier molecular flexibility index (Phi) is 16.8. The lowest BCUT2D eigenvalue weighted by Gasteiger charge is -2.52. The fourth-order valence-electron chi connectivity index (χ4n) is 6.26. The molecule has 1 rings (SSSR count). The van der Waals surface area contributed by atoms with Crippen LogP contribution < -0.4 is 0 Å². The fraction of sp³-hybridized carbons (Fsp3) is 0.829. The third-order valence-corrected chi connectivity index (χ3v) is 13.7. The van der Waals surface area contributed by atoms with Crippen LogP contribution in [0.25, 0.3) is 0 Å². The molecule has 1 atom stereocenters. The Morgan fingerprint density at radius 1 is 0.528 bits per heavy atom. The van der Waals surface area contributed by atoms with Crippen LogP contribution in [-0.2, 0) is 5.41 Å². The summed E-state index contributed by atoms with van der Waals surface area (Å²) in [6.45, 7) is 14.7. The molecule has 0 bridgehead atoms. The summed E-state index contributed by atoms with van der Waals surface area (Å²) >= 11 is 0. The topological polar surface area (TPSA) is 0 Å². The molecule has 0 amide bonds. The van der Waals surface area contributed by atoms with E-state index in [1.165, 1.54) is 122 Å². The van der Waals surface area contributed by atoms with Gasteiger partial charge in [0.25, 0.3) is 0 Å². The second-order valence-electron chi connectivity index (χ2n) is 12.7. The molecule has 0 aliphatic heterocycles. The van der Waals surface area contributed by atoms with Gasteiger partial charge in [-0.1, -0.05) is 156 Å². The Bertz CT molecular complexity index is 663. The van der Waals surface area contributed by atoms with Gasteiger partial charge in [-0.25, -0.2) is 10.0 Å². The smallest absolute Gasteiger partial charge is 0.000746 e. The average Bonchev–Trinajstić information content (AvgIpc) is 2.87. The van der Waals surface area contributed by atoms with Crippen LogP contribution in [0.15, 0.2) is 29.2 Å². The summed E-state index contributed by atoms with van der Waals surface area (Å²) in [5, 5.41) is 0. The first-order valence-electron chi connectivity index (χ1n) is 16.0. The molecule has 0 saturated carbocycles. The van der Waals surface area contributed by atoms with Crippen molar-refractivity contribution in [3.8, 4) is 0 Å². The predicted molar refractivity (Wildman–Crippen MR) is 170 cm³/mol. The Morgan fingerprint density at radius 2 is 0.917 bits per heavy atom. The highest BCUT2D eigenvalue weighted by atomic mass is 32.3. The third kappa shape index (κ3) is 10.4. The first kappa shape index (κ1) is 33.6. The minimum atomic E-state index is -0.953. The van der Waals surface area contributed by atoms with Crippen LogP contribution in [0.2, 0.25) is 0 Å². The minimum absolute atomic E-state index is 0.314. The molecular weight excluding hydrogens is 452 g/mol. The first-order valence-corrected chi connectivity index (χ1v) is 18.5. The van der Waals surface area contributed by atoms with Crippen molar-refractivity contribution in [1.82, 2.24) is 0 Å². The minimum Gasteiger partial charge on any atom is -0.215 e. The van der Waals surface area contributed by atoms with Crippen molar-refractivity contribution in [2.75, 3.05) is 12.5 Å². The molecular formula is C35H66S. The summed E-state index contributed by atoms with van der Waals surface area (Å²) in [6.07, 6.45) is 31.5. The van der Waals surface area contributed by atoms with Gasteiger partial charge < -0.3 is 0 Å². The predicted octanol–water partition coefficient (Wildman–Crippen LogP) is 12.6. The monoisotopic (exact) mass is 518 g/mol. The van der Waals surface area contributed by atoms with Gasteiger partial charge in [0.2, 0.25) is 0 Å². The number of unbranched alkanes of at least 4 members (excludes halogenated alkanes) is 11. The lowest BCUT2D eigenvalue weighted by Crippen LogP contribution is -2.34. The van der Waals surface area contributed by atoms with Crippen molar-refractivity contribution in [3.63, 3.8) is 0 Å². The van der Waals surface area contributed by atoms with Gasteiger partial charge in [0.05, 0.1) is 0 Å². The molecule has 1 unspecified atom stereocenters. The highest BCUT2D eigenvalue weighted by molar-refractivity contribution is 8.33. The van der Waals surface area contributed by atoms with Crippen LogP contribution in [0.4, 0.5) is 0 Å². The van der Waals surface area contributed by atoms with E-state index in [0.29, 0.717) is 10.2 Å². The number of benzene rings is 1. The SMILES string of the molecule is CCCCCCC(C)(CCCCCC)c1ccccc1S(C)(C)C(C)(CCCCC)CCCCCC. The standard InChI is InChI=1S/C35H66S/c1-9-13-17-23-28-34(5,29-24-18-14-10-2)32-26-20-21-27-33(32)36(7,8)35(6,30-22-16-12-4)31-25-19-15-11-3/h20-21,26-27H,9-19,22-25,28-31H2,1-8H3. The summed E-state index contributed by atoms with van der Waals surface area (Å²) in [5.74, 6) is 0. The van der Waals surface area contributed by atoms with Gasteiger partial charge in [-0.2, -0.15) is 0 Å². The van der Waals surface area contributed by atoms with E-state index in [1.807, 2.05) is 0 Å². The highest BCUT2D eigenvalue weighted by Crippen LogP contribution is 2.65. The number of hydrogen-bond donors (Lipinski definition) is 0. The van der Waals surface area contributed by atoms with E-state index in [2.05, 4.69) is 78.3 Å². The van der Waals surface area contributed by atoms with Crippen LogP contribution in [-0.4, -0.2) is 17.3 Å². The molecule has 1 heteroatoms. The summed E-state index contributed by atoms with van der Waals surface area (Å²) < 4.78 is 0.428. The van der Waals surface area contributed by atoms with E-state index >= 15 is 0 Å². The molecule has 0 fully saturated rings. The highest BCUT2D eigenvalue weighted by Gasteiger charge is 2.40. The van der Waals surface area contributed by atoms with Crippen LogP contribution in [0.5, 0.6) is 0 Å². The van der Waals surface area contributed by atoms with Gasteiger partial charge in [0.1, 0.15) is 0 Å². The Balaban J connectivity index is 3.37. The lowest BCUT2D eigenvalue weighted by molar-refractivity contribution is 0.358. The molecule has 0 spiro atoms. The van der Waals surface area contributed by atoms with Crippen LogP contribution in [0.1, 0.15) is 169 Å². The molecule has 0 aromatic heterocycles. The summed E-state index contributed by atoms with van der Waals surface area (Å²) in [7, 11) is -0.953. The van der Waals surface area contributed by atoms with E-state index < -0.39 is 10.0 Å². The number of hydrogen-bond acceptors (Lipinski definition) is 0. The maximum absolute atomic E-state index is 2.69. The number of rotatable bonds is 22. The van der Waals surface area contributed by atoms with Gasteiger partial charge in [-0.05, 0) is 60.1 Å². The molecule has 0 aliphatic rings. The Labute approximate surface area is 230 Å².